The van der Waals surface area contributed by atoms with Gasteiger partial charge in [0.1, 0.15) is 24.0 Å². The van der Waals surface area contributed by atoms with Crippen LogP contribution in [0.15, 0.2) is 71.3 Å². The molecule has 0 saturated heterocycles. The minimum absolute atomic E-state index is 0.226. The highest BCUT2D eigenvalue weighted by Gasteiger charge is 2.32. The fourth-order valence-corrected chi connectivity index (χ4v) is 7.00. The van der Waals surface area contributed by atoms with Crippen LogP contribution in [0.2, 0.25) is 0 Å². The van der Waals surface area contributed by atoms with Gasteiger partial charge in [0.15, 0.2) is 6.20 Å². The lowest BCUT2D eigenvalue weighted by Gasteiger charge is -2.19. The molecule has 180 valence electrons. The van der Waals surface area contributed by atoms with E-state index < -0.39 is 0 Å². The lowest BCUT2D eigenvalue weighted by Crippen LogP contribution is -2.30. The Balaban J connectivity index is 1.42. The number of halogens is 1. The summed E-state index contributed by atoms with van der Waals surface area (Å²) in [4.78, 5) is 0. The van der Waals surface area contributed by atoms with Gasteiger partial charge in [-0.3, -0.25) is 0 Å². The Kier molecular flexibility index (Phi) is 5.02. The first-order chi connectivity index (χ1) is 17.6. The van der Waals surface area contributed by atoms with Gasteiger partial charge in [0, 0.05) is 22.9 Å². The van der Waals surface area contributed by atoms with Crippen LogP contribution in [0.25, 0.3) is 44.3 Å². The first-order valence-electron chi connectivity index (χ1n) is 13.3. The van der Waals surface area contributed by atoms with E-state index in [2.05, 4.69) is 47.9 Å². The largest absolute Gasteiger partial charge is 0.454 e. The van der Waals surface area contributed by atoms with Gasteiger partial charge < -0.3 is 4.42 Å². The number of furan rings is 1. The smallest absolute Gasteiger partial charge is 0.216 e. The molecule has 0 bridgehead atoms. The van der Waals surface area contributed by atoms with E-state index in [9.17, 15) is 0 Å². The van der Waals surface area contributed by atoms with Crippen LogP contribution in [-0.4, -0.2) is 0 Å². The van der Waals surface area contributed by atoms with Gasteiger partial charge in [-0.2, -0.15) is 0 Å². The molecule has 2 aliphatic carbocycles. The fourth-order valence-electron chi connectivity index (χ4n) is 7.00. The Hall–Kier alpha value is -3.46. The lowest BCUT2D eigenvalue weighted by molar-refractivity contribution is -0.660. The van der Waals surface area contributed by atoms with Gasteiger partial charge in [-0.1, -0.05) is 43.2 Å². The van der Waals surface area contributed by atoms with E-state index in [1.807, 2.05) is 31.4 Å². The van der Waals surface area contributed by atoms with Crippen LogP contribution >= 0.6 is 0 Å². The second-order valence-electron chi connectivity index (χ2n) is 10.8. The van der Waals surface area contributed by atoms with Gasteiger partial charge in [-0.05, 0) is 84.9 Å². The average molecular weight is 477 g/mol. The van der Waals surface area contributed by atoms with Crippen molar-refractivity contribution in [2.24, 2.45) is 13.0 Å². The van der Waals surface area contributed by atoms with Crippen LogP contribution in [-0.2, 0) is 13.5 Å². The quantitative estimate of drug-likeness (QED) is 0.239. The van der Waals surface area contributed by atoms with E-state index in [4.69, 9.17) is 4.42 Å². The molecule has 0 N–H and O–H groups in total. The third-order valence-corrected chi connectivity index (χ3v) is 8.80. The van der Waals surface area contributed by atoms with Crippen LogP contribution in [0, 0.1) is 18.7 Å². The number of rotatable bonds is 3. The Labute approximate surface area is 211 Å². The summed E-state index contributed by atoms with van der Waals surface area (Å²) in [5, 5.41) is 1.99. The Morgan fingerprint density at radius 1 is 0.861 bits per heavy atom. The number of hydrogen-bond acceptors (Lipinski definition) is 1. The van der Waals surface area contributed by atoms with Gasteiger partial charge in [-0.25, -0.2) is 8.96 Å². The second kappa shape index (κ2) is 8.30. The highest BCUT2D eigenvalue weighted by Crippen LogP contribution is 2.47. The zero-order valence-electron chi connectivity index (χ0n) is 21.0. The summed E-state index contributed by atoms with van der Waals surface area (Å²) >= 11 is 0. The number of nitrogens with zero attached hydrogens (tertiary/aromatic N) is 1. The number of aryl methyl sites for hydroxylation is 3. The Bertz CT molecular complexity index is 1640. The maximum absolute atomic E-state index is 15.5. The van der Waals surface area contributed by atoms with Crippen molar-refractivity contribution in [2.45, 2.75) is 51.4 Å². The van der Waals surface area contributed by atoms with Crippen LogP contribution in [0.3, 0.4) is 0 Å². The molecule has 0 spiro atoms. The molecule has 0 aliphatic heterocycles. The molecular weight excluding hydrogens is 445 g/mol. The number of pyridine rings is 1. The topological polar surface area (TPSA) is 17.0 Å². The van der Waals surface area contributed by atoms with Gasteiger partial charge in [0.05, 0.1) is 11.1 Å². The van der Waals surface area contributed by atoms with Gasteiger partial charge >= 0.3 is 0 Å². The highest BCUT2D eigenvalue weighted by molar-refractivity contribution is 6.13. The summed E-state index contributed by atoms with van der Waals surface area (Å²) < 4.78 is 24.2. The second-order valence-corrected chi connectivity index (χ2v) is 10.8. The van der Waals surface area contributed by atoms with Gasteiger partial charge in [-0.15, -0.1) is 0 Å². The first kappa shape index (κ1) is 21.8. The SMILES string of the molecule is Cc1ccc2c(oc3c(-c4ccc5c(c4)CCC5C4CCCC4)c(F)ccc32)c1-c1cccc[n+]1C. The summed E-state index contributed by atoms with van der Waals surface area (Å²) in [6, 6.07) is 20.5. The summed E-state index contributed by atoms with van der Waals surface area (Å²) in [6.45, 7) is 2.11. The maximum atomic E-state index is 15.5. The van der Waals surface area contributed by atoms with Crippen molar-refractivity contribution in [1.82, 2.24) is 0 Å². The molecular formula is C33H31FNO+. The van der Waals surface area contributed by atoms with Crippen molar-refractivity contribution < 1.29 is 13.4 Å². The molecule has 2 aromatic heterocycles. The van der Waals surface area contributed by atoms with Crippen molar-refractivity contribution >= 4 is 21.9 Å². The predicted molar refractivity (Wildman–Crippen MR) is 143 cm³/mol. The molecule has 3 aromatic carbocycles. The molecule has 0 radical (unpaired) electrons. The minimum Gasteiger partial charge on any atom is -0.454 e. The molecule has 1 fully saturated rings. The molecule has 0 amide bonds. The van der Waals surface area contributed by atoms with Gasteiger partial charge in [0.25, 0.3) is 0 Å². The van der Waals surface area contributed by atoms with Crippen molar-refractivity contribution in [3.05, 3.63) is 89.4 Å². The molecule has 5 aromatic rings. The van der Waals surface area contributed by atoms with Crippen LogP contribution in [0.5, 0.6) is 0 Å². The van der Waals surface area contributed by atoms with Crippen LogP contribution in [0.4, 0.5) is 4.39 Å². The summed E-state index contributed by atoms with van der Waals surface area (Å²) in [6.07, 6.45) is 9.84. The third kappa shape index (κ3) is 3.25. The van der Waals surface area contributed by atoms with Crippen LogP contribution < -0.4 is 4.57 Å². The molecule has 1 atom stereocenters. The Morgan fingerprint density at radius 2 is 1.64 bits per heavy atom. The van der Waals surface area contributed by atoms with E-state index in [1.54, 1.807) is 6.07 Å². The maximum Gasteiger partial charge on any atom is 0.216 e. The van der Waals surface area contributed by atoms with E-state index in [0.29, 0.717) is 17.1 Å². The molecule has 1 saturated carbocycles. The predicted octanol–water partition coefficient (Wildman–Crippen LogP) is 8.41. The first-order valence-corrected chi connectivity index (χ1v) is 13.3. The molecule has 7 rings (SSSR count). The average Bonchev–Trinajstić information content (AvgIpc) is 3.62. The number of benzene rings is 3. The minimum atomic E-state index is -0.226. The van der Waals surface area contributed by atoms with Crippen molar-refractivity contribution in [3.63, 3.8) is 0 Å². The van der Waals surface area contributed by atoms with Crippen LogP contribution in [0.1, 0.15) is 54.7 Å². The van der Waals surface area contributed by atoms with Crippen molar-refractivity contribution in [1.29, 1.82) is 0 Å². The summed E-state index contributed by atoms with van der Waals surface area (Å²) in [5.74, 6) is 1.28. The van der Waals surface area contributed by atoms with E-state index in [1.165, 1.54) is 43.2 Å². The Morgan fingerprint density at radius 3 is 2.44 bits per heavy atom. The number of aromatic nitrogens is 1. The molecule has 2 heterocycles. The van der Waals surface area contributed by atoms with Crippen molar-refractivity contribution in [3.8, 4) is 22.4 Å². The number of fused-ring (bicyclic) bond motifs is 4. The highest BCUT2D eigenvalue weighted by atomic mass is 19.1. The number of hydrogen-bond donors (Lipinski definition) is 0. The zero-order chi connectivity index (χ0) is 24.4. The molecule has 2 nitrogen and oxygen atoms in total. The molecule has 1 unspecified atom stereocenters. The zero-order valence-corrected chi connectivity index (χ0v) is 21.0. The standard InChI is InChI=1S/C33H31FNO/c1-20-10-13-26-27-16-17-28(34)31(33(27)36-32(26)30(20)29-9-5-6-18-35(29)2)23-12-15-25-22(19-23)11-14-24(25)21-7-3-4-8-21/h5-6,9-10,12-13,15-19,21,24H,3-4,7-8,11,14H2,1-2H3/q+1. The van der Waals surface area contributed by atoms with Gasteiger partial charge in [0.2, 0.25) is 5.69 Å². The normalized spacial score (nSPS) is 17.9. The summed E-state index contributed by atoms with van der Waals surface area (Å²) in [5.41, 5.74) is 9.14. The fraction of sp³-hybridized carbons (Fsp3) is 0.303. The molecule has 36 heavy (non-hydrogen) atoms. The van der Waals surface area contributed by atoms with E-state index >= 15 is 4.39 Å². The van der Waals surface area contributed by atoms with E-state index in [0.717, 1.165) is 51.1 Å². The molecule has 3 heteroatoms. The third-order valence-electron chi connectivity index (χ3n) is 8.80. The summed E-state index contributed by atoms with van der Waals surface area (Å²) in [7, 11) is 2.05. The van der Waals surface area contributed by atoms with Crippen molar-refractivity contribution in [2.75, 3.05) is 0 Å². The monoisotopic (exact) mass is 476 g/mol. The van der Waals surface area contributed by atoms with E-state index in [-0.39, 0.29) is 5.82 Å². The lowest BCUT2D eigenvalue weighted by atomic mass is 9.85. The molecule has 2 aliphatic rings.